The molecule has 3 heterocycles. The minimum absolute atomic E-state index is 0.246. The summed E-state index contributed by atoms with van der Waals surface area (Å²) in [6, 6.07) is 0. The Balaban J connectivity index is 1.93. The van der Waals surface area contributed by atoms with Gasteiger partial charge in [0.25, 0.3) is 0 Å². The summed E-state index contributed by atoms with van der Waals surface area (Å²) in [5, 5.41) is 7.31. The highest BCUT2D eigenvalue weighted by Gasteiger charge is 2.17. The molecule has 0 aliphatic heterocycles. The number of carbonyl (C=O) groups excluding carboxylic acids is 1. The van der Waals surface area contributed by atoms with Crippen molar-refractivity contribution in [3.63, 3.8) is 0 Å². The molecule has 0 aliphatic rings. The highest BCUT2D eigenvalue weighted by molar-refractivity contribution is 7.17. The number of thiazole rings is 1. The van der Waals surface area contributed by atoms with Crippen LogP contribution in [0.4, 0.5) is 11.8 Å². The predicted molar refractivity (Wildman–Crippen MR) is 81.6 cm³/mol. The average molecular weight is 318 g/mol. The molecule has 0 aromatic carbocycles. The maximum atomic E-state index is 11.9. The van der Waals surface area contributed by atoms with Crippen molar-refractivity contribution in [2.45, 2.75) is 20.8 Å². The predicted octanol–water partition coefficient (Wildman–Crippen LogP) is 2.12. The number of nitrogens with zero attached hydrogens (tertiary/aromatic N) is 5. The summed E-state index contributed by atoms with van der Waals surface area (Å²) < 4.78 is 6.74. The third-order valence-electron chi connectivity index (χ3n) is 3.09. The van der Waals surface area contributed by atoms with E-state index in [0.717, 1.165) is 15.5 Å². The van der Waals surface area contributed by atoms with Gasteiger partial charge in [0.05, 0.1) is 12.3 Å². The van der Waals surface area contributed by atoms with Crippen molar-refractivity contribution in [3.05, 3.63) is 28.7 Å². The fourth-order valence-electron chi connectivity index (χ4n) is 1.89. The van der Waals surface area contributed by atoms with E-state index in [9.17, 15) is 4.79 Å². The van der Waals surface area contributed by atoms with E-state index in [2.05, 4.69) is 25.4 Å². The van der Waals surface area contributed by atoms with Crippen LogP contribution in [0.1, 0.15) is 27.9 Å². The lowest BCUT2D eigenvalue weighted by molar-refractivity contribution is 0.0526. The van der Waals surface area contributed by atoms with Crippen molar-refractivity contribution >= 4 is 34.0 Å². The molecule has 0 bridgehead atoms. The van der Waals surface area contributed by atoms with Crippen molar-refractivity contribution in [1.82, 2.24) is 24.6 Å². The zero-order valence-corrected chi connectivity index (χ0v) is 13.1. The van der Waals surface area contributed by atoms with Gasteiger partial charge >= 0.3 is 5.97 Å². The van der Waals surface area contributed by atoms with Crippen LogP contribution in [0.15, 0.2) is 12.5 Å². The summed E-state index contributed by atoms with van der Waals surface area (Å²) in [5.74, 6) is 0.207. The van der Waals surface area contributed by atoms with Crippen LogP contribution in [0.25, 0.3) is 4.96 Å². The van der Waals surface area contributed by atoms with Crippen LogP contribution < -0.4 is 5.32 Å². The maximum absolute atomic E-state index is 11.9. The van der Waals surface area contributed by atoms with E-state index in [1.54, 1.807) is 22.8 Å². The zero-order chi connectivity index (χ0) is 15.7. The maximum Gasteiger partial charge on any atom is 0.343 e. The second-order valence-electron chi connectivity index (χ2n) is 4.50. The third kappa shape index (κ3) is 2.50. The van der Waals surface area contributed by atoms with Crippen LogP contribution in [0.2, 0.25) is 0 Å². The number of hydrogen-bond donors (Lipinski definition) is 1. The molecule has 114 valence electrons. The molecule has 0 aliphatic carbocycles. The molecule has 0 atom stereocenters. The van der Waals surface area contributed by atoms with Crippen LogP contribution in [0.3, 0.4) is 0 Å². The first-order chi connectivity index (χ1) is 10.6. The fourth-order valence-corrected chi connectivity index (χ4v) is 2.79. The van der Waals surface area contributed by atoms with Crippen molar-refractivity contribution in [2.75, 3.05) is 11.9 Å². The molecule has 22 heavy (non-hydrogen) atoms. The second kappa shape index (κ2) is 5.68. The van der Waals surface area contributed by atoms with Gasteiger partial charge in [0.15, 0.2) is 5.82 Å². The normalized spacial score (nSPS) is 10.9. The van der Waals surface area contributed by atoms with E-state index in [1.807, 2.05) is 13.8 Å². The molecular formula is C13H14N6O2S. The summed E-state index contributed by atoms with van der Waals surface area (Å²) in [6.07, 6.45) is 2.75. The number of esters is 1. The lowest BCUT2D eigenvalue weighted by Gasteiger charge is -2.06. The van der Waals surface area contributed by atoms with E-state index in [-0.39, 0.29) is 12.2 Å². The first kappa shape index (κ1) is 14.4. The van der Waals surface area contributed by atoms with Gasteiger partial charge in [0, 0.05) is 11.1 Å². The Labute approximate surface area is 130 Å². The van der Waals surface area contributed by atoms with Gasteiger partial charge in [0.2, 0.25) is 10.9 Å². The van der Waals surface area contributed by atoms with Crippen molar-refractivity contribution in [2.24, 2.45) is 0 Å². The number of fused-ring (bicyclic) bond motifs is 1. The topological polar surface area (TPSA) is 94.3 Å². The highest BCUT2D eigenvalue weighted by Crippen LogP contribution is 2.23. The third-order valence-corrected chi connectivity index (χ3v) is 4.14. The van der Waals surface area contributed by atoms with Crippen molar-refractivity contribution in [1.29, 1.82) is 0 Å². The summed E-state index contributed by atoms with van der Waals surface area (Å²) in [7, 11) is 0. The molecule has 1 N–H and O–H groups in total. The summed E-state index contributed by atoms with van der Waals surface area (Å²) in [4.78, 5) is 26.1. The molecule has 3 aromatic heterocycles. The molecule has 3 rings (SSSR count). The van der Waals surface area contributed by atoms with Crippen molar-refractivity contribution in [3.8, 4) is 0 Å². The lowest BCUT2D eigenvalue weighted by atomic mass is 10.3. The summed E-state index contributed by atoms with van der Waals surface area (Å²) >= 11 is 1.55. The van der Waals surface area contributed by atoms with E-state index in [0.29, 0.717) is 11.8 Å². The monoisotopic (exact) mass is 318 g/mol. The first-order valence-electron chi connectivity index (χ1n) is 6.67. The van der Waals surface area contributed by atoms with Crippen molar-refractivity contribution < 1.29 is 9.53 Å². The number of rotatable bonds is 4. The van der Waals surface area contributed by atoms with Gasteiger partial charge in [-0.25, -0.2) is 19.3 Å². The van der Waals surface area contributed by atoms with Gasteiger partial charge < -0.3 is 10.1 Å². The Bertz CT molecular complexity index is 840. The van der Waals surface area contributed by atoms with Crippen LogP contribution in [-0.4, -0.2) is 37.1 Å². The number of anilines is 2. The largest absolute Gasteiger partial charge is 0.462 e. The number of nitrogens with one attached hydrogen (secondary N) is 1. The summed E-state index contributed by atoms with van der Waals surface area (Å²) in [5.41, 5.74) is 1.28. The molecule has 0 amide bonds. The van der Waals surface area contributed by atoms with Crippen LogP contribution >= 0.6 is 11.3 Å². The van der Waals surface area contributed by atoms with Gasteiger partial charge in [-0.1, -0.05) is 11.3 Å². The minimum Gasteiger partial charge on any atom is -0.462 e. The van der Waals surface area contributed by atoms with E-state index in [4.69, 9.17) is 4.74 Å². The number of aryl methyl sites for hydroxylation is 2. The van der Waals surface area contributed by atoms with Gasteiger partial charge in [-0.2, -0.15) is 4.98 Å². The first-order valence-corrected chi connectivity index (χ1v) is 7.48. The average Bonchev–Trinajstić information content (AvgIpc) is 3.00. The Kier molecular flexibility index (Phi) is 3.72. The molecule has 0 fully saturated rings. The Hall–Kier alpha value is -2.55. The second-order valence-corrected chi connectivity index (χ2v) is 5.69. The van der Waals surface area contributed by atoms with E-state index >= 15 is 0 Å². The van der Waals surface area contributed by atoms with Gasteiger partial charge in [0.1, 0.15) is 11.9 Å². The summed E-state index contributed by atoms with van der Waals surface area (Å²) in [6.45, 7) is 6.02. The number of hydrogen-bond acceptors (Lipinski definition) is 8. The quantitative estimate of drug-likeness (QED) is 0.736. The van der Waals surface area contributed by atoms with Crippen LogP contribution in [0.5, 0.6) is 0 Å². The molecule has 3 aromatic rings. The van der Waals surface area contributed by atoms with Gasteiger partial charge in [-0.3, -0.25) is 0 Å². The standard InChI is InChI=1S/C13H14N6O2S/c1-4-21-11(20)9-5-14-6-15-10(9)16-12-17-13-19(18-12)7(2)8(3)22-13/h5-6H,4H2,1-3H3,(H,14,15,16,18). The number of carbonyl (C=O) groups is 1. The lowest BCUT2D eigenvalue weighted by Crippen LogP contribution is -2.10. The molecule has 0 radical (unpaired) electrons. The Morgan fingerprint density at radius 3 is 3.00 bits per heavy atom. The molecule has 0 saturated heterocycles. The molecule has 0 saturated carbocycles. The minimum atomic E-state index is -0.487. The number of aromatic nitrogens is 5. The molecule has 0 spiro atoms. The van der Waals surface area contributed by atoms with Crippen LogP contribution in [0, 0.1) is 13.8 Å². The number of ether oxygens (including phenoxy) is 1. The molecule has 9 heteroatoms. The zero-order valence-electron chi connectivity index (χ0n) is 12.3. The molecule has 8 nitrogen and oxygen atoms in total. The smallest absolute Gasteiger partial charge is 0.343 e. The van der Waals surface area contributed by atoms with E-state index in [1.165, 1.54) is 12.5 Å². The van der Waals surface area contributed by atoms with Gasteiger partial charge in [-0.05, 0) is 20.8 Å². The van der Waals surface area contributed by atoms with Gasteiger partial charge in [-0.15, -0.1) is 5.10 Å². The fraction of sp³-hybridized carbons (Fsp3) is 0.308. The SMILES string of the molecule is CCOC(=O)c1cncnc1Nc1nc2sc(C)c(C)n2n1. The Morgan fingerprint density at radius 1 is 1.45 bits per heavy atom. The molecule has 0 unspecified atom stereocenters. The Morgan fingerprint density at radius 2 is 2.27 bits per heavy atom. The van der Waals surface area contributed by atoms with E-state index < -0.39 is 5.97 Å². The molecular weight excluding hydrogens is 304 g/mol. The van der Waals surface area contributed by atoms with Crippen LogP contribution in [-0.2, 0) is 4.74 Å². The highest BCUT2D eigenvalue weighted by atomic mass is 32.1.